The van der Waals surface area contributed by atoms with E-state index in [1.165, 1.54) is 12.1 Å². The quantitative estimate of drug-likeness (QED) is 0.394. The Morgan fingerprint density at radius 2 is 1.55 bits per heavy atom. The predicted octanol–water partition coefficient (Wildman–Crippen LogP) is 4.67. The maximum absolute atomic E-state index is 13.7. The third kappa shape index (κ3) is 1.76. The molecule has 0 atom stereocenters. The normalized spacial score (nSPS) is 12.9. The van der Waals surface area contributed by atoms with Crippen molar-refractivity contribution < 1.29 is 22.3 Å². The highest BCUT2D eigenvalue weighted by atomic mass is 35.5. The number of aliphatic imine (C=N–C) groups is 1. The molecule has 7 heteroatoms. The van der Waals surface area contributed by atoms with Gasteiger partial charge in [-0.05, 0) is 12.1 Å². The highest BCUT2D eigenvalue weighted by Gasteiger charge is 2.29. The van der Waals surface area contributed by atoms with Crippen molar-refractivity contribution in [2.24, 2.45) is 4.99 Å². The lowest BCUT2D eigenvalue weighted by molar-refractivity contribution is 0.374. The summed E-state index contributed by atoms with van der Waals surface area (Å²) in [4.78, 5) is 3.58. The lowest BCUT2D eigenvalue weighted by Gasteiger charge is -2.10. The number of hydrogen-bond acceptors (Lipinski definition) is 2. The van der Waals surface area contributed by atoms with E-state index < -0.39 is 34.7 Å². The zero-order chi connectivity index (χ0) is 14.4. The minimum Gasteiger partial charge on any atom is -0.451 e. The van der Waals surface area contributed by atoms with Crippen LogP contribution in [0, 0.1) is 23.3 Å². The van der Waals surface area contributed by atoms with Crippen LogP contribution in [0.3, 0.4) is 0 Å². The van der Waals surface area contributed by atoms with Crippen molar-refractivity contribution in [3.05, 3.63) is 53.1 Å². The molecule has 0 aromatic heterocycles. The molecular formula is C13H4ClF4NO. The summed E-state index contributed by atoms with van der Waals surface area (Å²) >= 11 is 5.86. The first-order valence-corrected chi connectivity index (χ1v) is 5.76. The van der Waals surface area contributed by atoms with Crippen LogP contribution in [0.4, 0.5) is 23.2 Å². The van der Waals surface area contributed by atoms with E-state index in [1.807, 2.05) is 0 Å². The number of fused-ring (bicyclic) bond motifs is 2. The van der Waals surface area contributed by atoms with Crippen LogP contribution in [0.5, 0.6) is 11.5 Å². The van der Waals surface area contributed by atoms with Gasteiger partial charge in [-0.2, -0.15) is 4.39 Å². The van der Waals surface area contributed by atoms with Gasteiger partial charge in [0.1, 0.15) is 16.6 Å². The summed E-state index contributed by atoms with van der Waals surface area (Å²) in [5.41, 5.74) is -0.562. The molecule has 0 aliphatic carbocycles. The number of rotatable bonds is 0. The minimum absolute atomic E-state index is 0.0595. The van der Waals surface area contributed by atoms with Crippen molar-refractivity contribution in [3.63, 3.8) is 0 Å². The lowest BCUT2D eigenvalue weighted by atomic mass is 10.2. The Morgan fingerprint density at radius 3 is 2.30 bits per heavy atom. The molecule has 0 bridgehead atoms. The fourth-order valence-electron chi connectivity index (χ4n) is 1.79. The van der Waals surface area contributed by atoms with Crippen molar-refractivity contribution in [1.82, 2.24) is 0 Å². The second kappa shape index (κ2) is 4.49. The molecule has 0 radical (unpaired) electrons. The molecule has 20 heavy (non-hydrogen) atoms. The molecule has 102 valence electrons. The van der Waals surface area contributed by atoms with Gasteiger partial charge in [0.2, 0.25) is 11.6 Å². The molecule has 0 saturated heterocycles. The first kappa shape index (κ1) is 12.9. The predicted molar refractivity (Wildman–Crippen MR) is 64.8 cm³/mol. The van der Waals surface area contributed by atoms with Gasteiger partial charge in [-0.3, -0.25) is 0 Å². The third-order valence-corrected chi connectivity index (χ3v) is 3.02. The van der Waals surface area contributed by atoms with Gasteiger partial charge < -0.3 is 4.74 Å². The number of ether oxygens (including phenoxy) is 1. The van der Waals surface area contributed by atoms with E-state index in [1.54, 1.807) is 12.1 Å². The van der Waals surface area contributed by atoms with E-state index >= 15 is 0 Å². The van der Waals surface area contributed by atoms with E-state index in [9.17, 15) is 17.6 Å². The minimum atomic E-state index is -1.97. The molecule has 2 nitrogen and oxygen atoms in total. The molecule has 1 aliphatic heterocycles. The van der Waals surface area contributed by atoms with Crippen LogP contribution in [-0.2, 0) is 0 Å². The molecule has 0 unspecified atom stereocenters. The number of nitrogens with zero attached hydrogens (tertiary/aromatic N) is 1. The summed E-state index contributed by atoms with van der Waals surface area (Å²) in [5, 5.41) is -0.219. The largest absolute Gasteiger partial charge is 0.451 e. The van der Waals surface area contributed by atoms with Crippen molar-refractivity contribution >= 4 is 22.5 Å². The van der Waals surface area contributed by atoms with Crippen LogP contribution in [0.25, 0.3) is 0 Å². The molecule has 0 amide bonds. The number of para-hydroxylation sites is 1. The summed E-state index contributed by atoms with van der Waals surface area (Å²) in [7, 11) is 0. The molecule has 2 aromatic carbocycles. The Labute approximate surface area is 115 Å². The lowest BCUT2D eigenvalue weighted by Crippen LogP contribution is -2.00. The summed E-state index contributed by atoms with van der Waals surface area (Å²) in [6.45, 7) is 0. The van der Waals surface area contributed by atoms with Crippen molar-refractivity contribution in [2.75, 3.05) is 0 Å². The topological polar surface area (TPSA) is 21.6 Å². The highest BCUT2D eigenvalue weighted by molar-refractivity contribution is 6.70. The van der Waals surface area contributed by atoms with Crippen LogP contribution in [-0.4, -0.2) is 5.17 Å². The van der Waals surface area contributed by atoms with E-state index in [0.29, 0.717) is 0 Å². The number of halogens is 5. The second-order valence-electron chi connectivity index (χ2n) is 3.93. The monoisotopic (exact) mass is 301 g/mol. The smallest absolute Gasteiger partial charge is 0.206 e. The maximum Gasteiger partial charge on any atom is 0.206 e. The zero-order valence-electron chi connectivity index (χ0n) is 9.55. The van der Waals surface area contributed by atoms with Gasteiger partial charge in [-0.15, -0.1) is 0 Å². The molecule has 1 aliphatic rings. The van der Waals surface area contributed by atoms with E-state index in [0.717, 1.165) is 0 Å². The third-order valence-electron chi connectivity index (χ3n) is 2.73. The van der Waals surface area contributed by atoms with Gasteiger partial charge >= 0.3 is 0 Å². The van der Waals surface area contributed by atoms with Crippen LogP contribution in [0.1, 0.15) is 5.56 Å². The van der Waals surface area contributed by atoms with Crippen molar-refractivity contribution in [2.45, 2.75) is 0 Å². The van der Waals surface area contributed by atoms with E-state index in [4.69, 9.17) is 16.3 Å². The summed E-state index contributed by atoms with van der Waals surface area (Å²) in [5.74, 6) is -8.04. The molecule has 0 N–H and O–H groups in total. The Hall–Kier alpha value is -2.08. The van der Waals surface area contributed by atoms with Gasteiger partial charge in [0.15, 0.2) is 17.4 Å². The fraction of sp³-hybridized carbons (Fsp3) is 0. The first-order chi connectivity index (χ1) is 9.50. The summed E-state index contributed by atoms with van der Waals surface area (Å²) in [6, 6.07) is 6.07. The standard InChI is InChI=1S/C13H4ClF4NO/c14-13-5-3-1-2-4-6(5)20-12-10(18)8(16)7(15)9(17)11(12)19-13/h1-4H. The highest BCUT2D eigenvalue weighted by Crippen LogP contribution is 2.43. The SMILES string of the molecule is Fc1c(F)c(F)c2c(c1F)N=C(Cl)c1ccccc1O2. The average Bonchev–Trinajstić information content (AvgIpc) is 2.60. The Kier molecular flexibility index (Phi) is 2.90. The van der Waals surface area contributed by atoms with Gasteiger partial charge in [0.25, 0.3) is 0 Å². The molecule has 0 fully saturated rings. The van der Waals surface area contributed by atoms with Gasteiger partial charge in [0, 0.05) is 0 Å². The Bertz CT molecular complexity index is 761. The molecule has 0 spiro atoms. The summed E-state index contributed by atoms with van der Waals surface area (Å²) < 4.78 is 58.9. The summed E-state index contributed by atoms with van der Waals surface area (Å²) in [6.07, 6.45) is 0. The first-order valence-electron chi connectivity index (χ1n) is 5.38. The molecular weight excluding hydrogens is 298 g/mol. The molecule has 2 aromatic rings. The Balaban J connectivity index is 2.37. The zero-order valence-corrected chi connectivity index (χ0v) is 10.3. The van der Waals surface area contributed by atoms with Crippen molar-refractivity contribution in [3.8, 4) is 11.5 Å². The van der Waals surface area contributed by atoms with Crippen LogP contribution < -0.4 is 4.74 Å². The average molecular weight is 302 g/mol. The van der Waals surface area contributed by atoms with Crippen LogP contribution in [0.2, 0.25) is 0 Å². The number of hydrogen-bond donors (Lipinski definition) is 0. The Morgan fingerprint density at radius 1 is 0.900 bits per heavy atom. The van der Waals surface area contributed by atoms with Crippen molar-refractivity contribution in [1.29, 1.82) is 0 Å². The second-order valence-corrected chi connectivity index (χ2v) is 4.29. The maximum atomic E-state index is 13.7. The van der Waals surface area contributed by atoms with E-state index in [2.05, 4.69) is 4.99 Å². The van der Waals surface area contributed by atoms with Gasteiger partial charge in [0.05, 0.1) is 5.56 Å². The molecule has 3 rings (SSSR count). The molecule has 1 heterocycles. The van der Waals surface area contributed by atoms with E-state index in [-0.39, 0.29) is 16.5 Å². The number of benzene rings is 2. The molecule has 0 saturated carbocycles. The fourth-order valence-corrected chi connectivity index (χ4v) is 2.03. The van der Waals surface area contributed by atoms with Gasteiger partial charge in [-0.1, -0.05) is 23.7 Å². The van der Waals surface area contributed by atoms with Crippen LogP contribution >= 0.6 is 11.6 Å². The van der Waals surface area contributed by atoms with Crippen LogP contribution in [0.15, 0.2) is 29.3 Å². The van der Waals surface area contributed by atoms with Gasteiger partial charge in [-0.25, -0.2) is 18.2 Å².